The van der Waals surface area contributed by atoms with Crippen LogP contribution in [0, 0.1) is 0 Å². The summed E-state index contributed by atoms with van der Waals surface area (Å²) in [5.74, 6) is 0.170. The normalized spacial score (nSPS) is 13.2. The molecule has 1 aliphatic carbocycles. The number of aryl methyl sites for hydroxylation is 1. The lowest BCUT2D eigenvalue weighted by molar-refractivity contribution is -0.116. The largest absolute Gasteiger partial charge is 0.495 e. The predicted octanol–water partition coefficient (Wildman–Crippen LogP) is 3.60. The molecule has 0 aliphatic heterocycles. The summed E-state index contributed by atoms with van der Waals surface area (Å²) >= 11 is 0. The molecule has 0 fully saturated rings. The summed E-state index contributed by atoms with van der Waals surface area (Å²) < 4.78 is 44.6. The van der Waals surface area contributed by atoms with E-state index in [1.165, 1.54) is 45.1 Å². The molecule has 2 N–H and O–H groups in total. The number of ether oxygens (including phenoxy) is 3. The average molecular weight is 487 g/mol. The number of primary amides is 1. The third-order valence-electron chi connectivity index (χ3n) is 5.55. The minimum Gasteiger partial charge on any atom is -0.495 e. The molecule has 8 nitrogen and oxygen atoms in total. The molecule has 0 heterocycles. The standard InChI is InChI=1S/C25H30N2O6S/c1-31-21-15-14-20(16-23(21)33-3)34(29,30)27(17-24(26)28)25-19(10-7-11-22(25)32-2)13-12-18-8-5-4-6-9-18/h5,7-11,14-16H,4,6,12-13,17H2,1-3H3,(H2,26,28). The Bertz CT molecular complexity index is 1200. The molecule has 0 saturated carbocycles. The number of sulfonamides is 1. The average Bonchev–Trinajstić information content (AvgIpc) is 2.85. The minimum absolute atomic E-state index is 0.0684. The molecule has 34 heavy (non-hydrogen) atoms. The summed E-state index contributed by atoms with van der Waals surface area (Å²) in [6.07, 6.45) is 9.67. The van der Waals surface area contributed by atoms with Gasteiger partial charge in [0.05, 0.1) is 31.9 Å². The van der Waals surface area contributed by atoms with Gasteiger partial charge in [-0.25, -0.2) is 8.42 Å². The van der Waals surface area contributed by atoms with E-state index in [4.69, 9.17) is 19.9 Å². The van der Waals surface area contributed by atoms with Crippen molar-refractivity contribution in [3.8, 4) is 17.2 Å². The maximum absolute atomic E-state index is 13.8. The second-order valence-corrected chi connectivity index (χ2v) is 9.58. The quantitative estimate of drug-likeness (QED) is 0.520. The van der Waals surface area contributed by atoms with Crippen molar-refractivity contribution in [2.75, 3.05) is 32.2 Å². The fraction of sp³-hybridized carbons (Fsp3) is 0.320. The van der Waals surface area contributed by atoms with Crippen LogP contribution >= 0.6 is 0 Å². The Labute approximate surface area is 200 Å². The predicted molar refractivity (Wildman–Crippen MR) is 131 cm³/mol. The topological polar surface area (TPSA) is 108 Å². The number of methoxy groups -OCH3 is 3. The van der Waals surface area contributed by atoms with Crippen LogP contribution in [0.5, 0.6) is 17.2 Å². The van der Waals surface area contributed by atoms with Gasteiger partial charge in [0.2, 0.25) is 5.91 Å². The summed E-state index contributed by atoms with van der Waals surface area (Å²) in [5.41, 5.74) is 7.69. The molecular weight excluding hydrogens is 456 g/mol. The zero-order chi connectivity index (χ0) is 24.7. The molecule has 0 atom stereocenters. The molecule has 182 valence electrons. The van der Waals surface area contributed by atoms with Crippen LogP contribution in [0.2, 0.25) is 0 Å². The Morgan fingerprint density at radius 1 is 0.971 bits per heavy atom. The van der Waals surface area contributed by atoms with Crippen molar-refractivity contribution in [3.63, 3.8) is 0 Å². The zero-order valence-corrected chi connectivity index (χ0v) is 20.4. The molecule has 2 aromatic carbocycles. The number of nitrogens with two attached hydrogens (primary N) is 1. The number of carbonyl (C=O) groups is 1. The summed E-state index contributed by atoms with van der Waals surface area (Å²) in [6, 6.07) is 9.56. The van der Waals surface area contributed by atoms with Gasteiger partial charge in [0.15, 0.2) is 11.5 Å². The van der Waals surface area contributed by atoms with Crippen LogP contribution in [-0.4, -0.2) is 42.2 Å². The fourth-order valence-electron chi connectivity index (χ4n) is 3.88. The van der Waals surface area contributed by atoms with Gasteiger partial charge in [-0.15, -0.1) is 0 Å². The van der Waals surface area contributed by atoms with Gasteiger partial charge in [-0.3, -0.25) is 9.10 Å². The molecule has 0 unspecified atom stereocenters. The first kappa shape index (κ1) is 25.2. The van der Waals surface area contributed by atoms with Crippen molar-refractivity contribution < 1.29 is 27.4 Å². The van der Waals surface area contributed by atoms with Gasteiger partial charge in [-0.2, -0.15) is 0 Å². The van der Waals surface area contributed by atoms with Crippen LogP contribution in [0.3, 0.4) is 0 Å². The van der Waals surface area contributed by atoms with E-state index in [9.17, 15) is 13.2 Å². The lowest BCUT2D eigenvalue weighted by Gasteiger charge is -2.27. The highest BCUT2D eigenvalue weighted by Crippen LogP contribution is 2.38. The van der Waals surface area contributed by atoms with Crippen LogP contribution in [0.4, 0.5) is 5.69 Å². The van der Waals surface area contributed by atoms with Crippen molar-refractivity contribution >= 4 is 21.6 Å². The molecule has 2 aromatic rings. The number of para-hydroxylation sites is 1. The van der Waals surface area contributed by atoms with Gasteiger partial charge in [-0.1, -0.05) is 35.9 Å². The first-order chi connectivity index (χ1) is 16.3. The summed E-state index contributed by atoms with van der Waals surface area (Å²) in [5, 5.41) is 0. The van der Waals surface area contributed by atoms with Crippen molar-refractivity contribution in [2.24, 2.45) is 5.73 Å². The van der Waals surface area contributed by atoms with Gasteiger partial charge in [0.25, 0.3) is 10.0 Å². The van der Waals surface area contributed by atoms with E-state index in [0.29, 0.717) is 23.6 Å². The third-order valence-corrected chi connectivity index (χ3v) is 7.29. The molecule has 3 rings (SSSR count). The van der Waals surface area contributed by atoms with Crippen LogP contribution in [0.1, 0.15) is 24.8 Å². The Morgan fingerprint density at radius 2 is 1.71 bits per heavy atom. The minimum atomic E-state index is -4.22. The van der Waals surface area contributed by atoms with Crippen molar-refractivity contribution in [1.82, 2.24) is 0 Å². The molecular formula is C25H30N2O6S. The fourth-order valence-corrected chi connectivity index (χ4v) is 5.37. The van der Waals surface area contributed by atoms with E-state index in [1.807, 2.05) is 6.07 Å². The van der Waals surface area contributed by atoms with E-state index >= 15 is 0 Å². The van der Waals surface area contributed by atoms with Gasteiger partial charge in [0, 0.05) is 6.07 Å². The van der Waals surface area contributed by atoms with Gasteiger partial charge < -0.3 is 19.9 Å². The Hall–Kier alpha value is -3.46. The molecule has 0 radical (unpaired) electrons. The Balaban J connectivity index is 2.10. The molecule has 0 saturated heterocycles. The summed E-state index contributed by atoms with van der Waals surface area (Å²) in [4.78, 5) is 11.9. The van der Waals surface area contributed by atoms with E-state index in [-0.39, 0.29) is 10.6 Å². The summed E-state index contributed by atoms with van der Waals surface area (Å²) in [6.45, 7) is -0.549. The number of amides is 1. The number of rotatable bonds is 11. The molecule has 0 spiro atoms. The lowest BCUT2D eigenvalue weighted by atomic mass is 9.98. The van der Waals surface area contributed by atoms with Gasteiger partial charge >= 0.3 is 0 Å². The Kier molecular flexibility index (Phi) is 8.22. The third kappa shape index (κ3) is 5.53. The molecule has 0 bridgehead atoms. The monoisotopic (exact) mass is 486 g/mol. The van der Waals surface area contributed by atoms with Gasteiger partial charge in [0.1, 0.15) is 12.3 Å². The number of hydrogen-bond donors (Lipinski definition) is 1. The lowest BCUT2D eigenvalue weighted by Crippen LogP contribution is -2.39. The van der Waals surface area contributed by atoms with Crippen LogP contribution in [0.15, 0.2) is 65.1 Å². The molecule has 1 amide bonds. The second kappa shape index (κ2) is 11.1. The van der Waals surface area contributed by atoms with Crippen LogP contribution < -0.4 is 24.2 Å². The maximum atomic E-state index is 13.8. The van der Waals surface area contributed by atoms with E-state index in [1.54, 1.807) is 12.1 Å². The maximum Gasteiger partial charge on any atom is 0.265 e. The molecule has 0 aromatic heterocycles. The summed E-state index contributed by atoms with van der Waals surface area (Å²) in [7, 11) is 0.123. The van der Waals surface area contributed by atoms with E-state index in [2.05, 4.69) is 18.2 Å². The first-order valence-corrected chi connectivity index (χ1v) is 12.3. The van der Waals surface area contributed by atoms with Crippen molar-refractivity contribution in [2.45, 2.75) is 30.6 Å². The second-order valence-electron chi connectivity index (χ2n) is 7.72. The highest BCUT2D eigenvalue weighted by molar-refractivity contribution is 7.92. The van der Waals surface area contributed by atoms with Crippen LogP contribution in [0.25, 0.3) is 0 Å². The SMILES string of the molecule is COc1ccc(S(=O)(=O)N(CC(N)=O)c2c(CCC3=CCCC=C3)cccc2OC)cc1OC. The number of nitrogens with zero attached hydrogens (tertiary/aromatic N) is 1. The number of hydrogen-bond acceptors (Lipinski definition) is 6. The Morgan fingerprint density at radius 3 is 2.32 bits per heavy atom. The van der Waals surface area contributed by atoms with Crippen molar-refractivity contribution in [3.05, 3.63) is 65.8 Å². The highest BCUT2D eigenvalue weighted by atomic mass is 32.2. The first-order valence-electron chi connectivity index (χ1n) is 10.9. The van der Waals surface area contributed by atoms with Gasteiger partial charge in [-0.05, 0) is 49.4 Å². The smallest absolute Gasteiger partial charge is 0.265 e. The molecule has 9 heteroatoms. The number of benzene rings is 2. The van der Waals surface area contributed by atoms with E-state index in [0.717, 1.165) is 29.1 Å². The van der Waals surface area contributed by atoms with Crippen LogP contribution in [-0.2, 0) is 21.2 Å². The van der Waals surface area contributed by atoms with E-state index < -0.39 is 22.5 Å². The molecule has 1 aliphatic rings. The highest BCUT2D eigenvalue weighted by Gasteiger charge is 2.31. The number of allylic oxidation sites excluding steroid dienone is 4. The van der Waals surface area contributed by atoms with Crippen molar-refractivity contribution in [1.29, 1.82) is 0 Å². The number of carbonyl (C=O) groups excluding carboxylic acids is 1. The number of anilines is 1. The zero-order valence-electron chi connectivity index (χ0n) is 19.6.